The van der Waals surface area contributed by atoms with Gasteiger partial charge < -0.3 is 10.5 Å². The third-order valence-corrected chi connectivity index (χ3v) is 4.86. The molecule has 1 aliphatic rings. The van der Waals surface area contributed by atoms with Gasteiger partial charge in [0.15, 0.2) is 0 Å². The molecule has 5 heteroatoms. The number of nitrogens with two attached hydrogens (primary N) is 1. The average Bonchev–Trinajstić information content (AvgIpc) is 2.81. The van der Waals surface area contributed by atoms with Gasteiger partial charge in [-0.15, -0.1) is 11.3 Å². The highest BCUT2D eigenvalue weighted by Crippen LogP contribution is 2.20. The van der Waals surface area contributed by atoms with E-state index < -0.39 is 0 Å². The van der Waals surface area contributed by atoms with E-state index in [1.165, 1.54) is 10.6 Å². The first-order chi connectivity index (χ1) is 8.74. The van der Waals surface area contributed by atoms with E-state index >= 15 is 0 Å². The average molecular weight is 269 g/mol. The summed E-state index contributed by atoms with van der Waals surface area (Å²) in [6.07, 6.45) is 3.66. The molecule has 0 aliphatic carbocycles. The van der Waals surface area contributed by atoms with Crippen molar-refractivity contribution in [2.45, 2.75) is 38.3 Å². The molecule has 0 amide bonds. The number of piperidine rings is 1. The Morgan fingerprint density at radius 1 is 1.61 bits per heavy atom. The maximum Gasteiger partial charge on any atom is 0.0797 e. The lowest BCUT2D eigenvalue weighted by atomic mass is 9.99. The Labute approximate surface area is 113 Å². The van der Waals surface area contributed by atoms with Crippen molar-refractivity contribution in [2.75, 3.05) is 26.7 Å². The van der Waals surface area contributed by atoms with Crippen LogP contribution in [-0.4, -0.2) is 48.8 Å². The summed E-state index contributed by atoms with van der Waals surface area (Å²) in [5.74, 6) is 0. The van der Waals surface area contributed by atoms with Crippen LogP contribution in [0.5, 0.6) is 0 Å². The van der Waals surface area contributed by atoms with Gasteiger partial charge in [0.05, 0.1) is 17.3 Å². The number of hydrogen-bond acceptors (Lipinski definition) is 5. The zero-order chi connectivity index (χ0) is 13.0. The number of likely N-dealkylation sites (tertiary alicyclic amines) is 1. The van der Waals surface area contributed by atoms with Crippen molar-refractivity contribution in [3.05, 3.63) is 16.1 Å². The minimum Gasteiger partial charge on any atom is -0.381 e. The molecule has 1 aromatic heterocycles. The second kappa shape index (κ2) is 6.61. The fraction of sp³-hybridized carbons (Fsp3) is 0.769. The molecule has 1 aromatic rings. The lowest BCUT2D eigenvalue weighted by molar-refractivity contribution is 0.0138. The minimum absolute atomic E-state index is 0.389. The van der Waals surface area contributed by atoms with Crippen molar-refractivity contribution in [1.29, 1.82) is 0 Å². The number of methoxy groups -OCH3 is 1. The predicted molar refractivity (Wildman–Crippen MR) is 75.0 cm³/mol. The summed E-state index contributed by atoms with van der Waals surface area (Å²) in [6.45, 7) is 4.99. The van der Waals surface area contributed by atoms with E-state index in [0.717, 1.165) is 38.9 Å². The molecule has 2 rings (SSSR count). The summed E-state index contributed by atoms with van der Waals surface area (Å²) in [5, 5.41) is 0. The van der Waals surface area contributed by atoms with Crippen LogP contribution in [0.1, 0.15) is 23.4 Å². The first-order valence-electron chi connectivity index (χ1n) is 6.60. The van der Waals surface area contributed by atoms with Gasteiger partial charge in [0.1, 0.15) is 0 Å². The molecule has 18 heavy (non-hydrogen) atoms. The fourth-order valence-electron chi connectivity index (χ4n) is 2.63. The summed E-state index contributed by atoms with van der Waals surface area (Å²) in [7, 11) is 1.80. The zero-order valence-electron chi connectivity index (χ0n) is 11.3. The van der Waals surface area contributed by atoms with Gasteiger partial charge in [-0.25, -0.2) is 4.98 Å². The fourth-order valence-corrected chi connectivity index (χ4v) is 3.40. The molecule has 0 bridgehead atoms. The standard InChI is InChI=1S/C13H23N3OS/c1-10-13(18-9-15-10)4-6-16-5-3-12(17-2)7-11(16)8-14/h9,11-12H,3-8,14H2,1-2H3. The monoisotopic (exact) mass is 269 g/mol. The van der Waals surface area contributed by atoms with Crippen LogP contribution in [0.25, 0.3) is 0 Å². The Kier molecular flexibility index (Phi) is 5.12. The Balaban J connectivity index is 1.87. The first kappa shape index (κ1) is 13.9. The molecule has 0 saturated carbocycles. The van der Waals surface area contributed by atoms with Gasteiger partial charge in [-0.3, -0.25) is 4.90 Å². The van der Waals surface area contributed by atoms with Crippen molar-refractivity contribution < 1.29 is 4.74 Å². The second-order valence-electron chi connectivity index (χ2n) is 4.92. The van der Waals surface area contributed by atoms with Crippen molar-refractivity contribution in [3.8, 4) is 0 Å². The normalized spacial score (nSPS) is 25.5. The van der Waals surface area contributed by atoms with Gasteiger partial charge in [-0.1, -0.05) is 0 Å². The maximum atomic E-state index is 5.88. The largest absolute Gasteiger partial charge is 0.381 e. The molecule has 1 fully saturated rings. The Hall–Kier alpha value is -0.490. The lowest BCUT2D eigenvalue weighted by Crippen LogP contribution is -2.49. The summed E-state index contributed by atoms with van der Waals surface area (Å²) >= 11 is 1.76. The molecule has 0 aromatic carbocycles. The molecule has 2 heterocycles. The molecule has 1 saturated heterocycles. The summed E-state index contributed by atoms with van der Waals surface area (Å²) in [6, 6.07) is 0.469. The van der Waals surface area contributed by atoms with E-state index in [1.54, 1.807) is 18.4 Å². The molecule has 0 spiro atoms. The highest BCUT2D eigenvalue weighted by Gasteiger charge is 2.27. The summed E-state index contributed by atoms with van der Waals surface area (Å²) < 4.78 is 5.45. The number of nitrogens with zero attached hydrogens (tertiary/aromatic N) is 2. The van der Waals surface area contributed by atoms with Gasteiger partial charge in [0, 0.05) is 37.7 Å². The molecular weight excluding hydrogens is 246 g/mol. The van der Waals surface area contributed by atoms with Crippen LogP contribution in [0.15, 0.2) is 5.51 Å². The van der Waals surface area contributed by atoms with E-state index in [0.29, 0.717) is 12.1 Å². The number of ether oxygens (including phenoxy) is 1. The summed E-state index contributed by atoms with van der Waals surface area (Å²) in [5.41, 5.74) is 8.99. The smallest absolute Gasteiger partial charge is 0.0797 e. The van der Waals surface area contributed by atoms with Crippen LogP contribution in [0.3, 0.4) is 0 Å². The van der Waals surface area contributed by atoms with Gasteiger partial charge >= 0.3 is 0 Å². The molecule has 4 nitrogen and oxygen atoms in total. The Morgan fingerprint density at radius 2 is 2.44 bits per heavy atom. The van der Waals surface area contributed by atoms with Crippen molar-refractivity contribution >= 4 is 11.3 Å². The van der Waals surface area contributed by atoms with Crippen LogP contribution in [0, 0.1) is 6.92 Å². The minimum atomic E-state index is 0.389. The van der Waals surface area contributed by atoms with E-state index in [-0.39, 0.29) is 0 Å². The number of aryl methyl sites for hydroxylation is 1. The van der Waals surface area contributed by atoms with E-state index in [1.807, 2.05) is 5.51 Å². The second-order valence-corrected chi connectivity index (χ2v) is 5.86. The molecular formula is C13H23N3OS. The Morgan fingerprint density at radius 3 is 3.06 bits per heavy atom. The topological polar surface area (TPSA) is 51.4 Å². The number of aromatic nitrogens is 1. The highest BCUT2D eigenvalue weighted by atomic mass is 32.1. The number of hydrogen-bond donors (Lipinski definition) is 1. The van der Waals surface area contributed by atoms with Crippen LogP contribution >= 0.6 is 11.3 Å². The molecule has 1 aliphatic heterocycles. The molecule has 2 N–H and O–H groups in total. The van der Waals surface area contributed by atoms with Crippen LogP contribution in [-0.2, 0) is 11.2 Å². The van der Waals surface area contributed by atoms with Gasteiger partial charge in [-0.05, 0) is 26.2 Å². The van der Waals surface area contributed by atoms with Crippen molar-refractivity contribution in [3.63, 3.8) is 0 Å². The Bertz CT molecular complexity index is 369. The molecule has 2 atom stereocenters. The summed E-state index contributed by atoms with van der Waals surface area (Å²) in [4.78, 5) is 8.21. The number of thiazole rings is 1. The maximum absolute atomic E-state index is 5.88. The van der Waals surface area contributed by atoms with E-state index in [4.69, 9.17) is 10.5 Å². The van der Waals surface area contributed by atoms with Gasteiger partial charge in [0.2, 0.25) is 0 Å². The SMILES string of the molecule is COC1CCN(CCc2scnc2C)C(CN)C1. The third kappa shape index (κ3) is 3.29. The van der Waals surface area contributed by atoms with Crippen molar-refractivity contribution in [2.24, 2.45) is 5.73 Å². The first-order valence-corrected chi connectivity index (χ1v) is 7.48. The zero-order valence-corrected chi connectivity index (χ0v) is 12.1. The highest BCUT2D eigenvalue weighted by molar-refractivity contribution is 7.09. The van der Waals surface area contributed by atoms with Crippen LogP contribution in [0.2, 0.25) is 0 Å². The molecule has 2 unspecified atom stereocenters. The quantitative estimate of drug-likeness (QED) is 0.878. The third-order valence-electron chi connectivity index (χ3n) is 3.87. The lowest BCUT2D eigenvalue weighted by Gasteiger charge is -2.38. The van der Waals surface area contributed by atoms with Crippen molar-refractivity contribution in [1.82, 2.24) is 9.88 Å². The van der Waals surface area contributed by atoms with Gasteiger partial charge in [0.25, 0.3) is 0 Å². The predicted octanol–water partition coefficient (Wildman–Crippen LogP) is 1.43. The van der Waals surface area contributed by atoms with Gasteiger partial charge in [-0.2, -0.15) is 0 Å². The van der Waals surface area contributed by atoms with Crippen LogP contribution in [0.4, 0.5) is 0 Å². The van der Waals surface area contributed by atoms with E-state index in [2.05, 4.69) is 16.8 Å². The molecule has 102 valence electrons. The van der Waals surface area contributed by atoms with Crippen LogP contribution < -0.4 is 5.73 Å². The number of rotatable bonds is 5. The molecule has 0 radical (unpaired) electrons. The van der Waals surface area contributed by atoms with E-state index in [9.17, 15) is 0 Å².